The average Bonchev–Trinajstić information content (AvgIpc) is 3.07. The van der Waals surface area contributed by atoms with Crippen LogP contribution in [0.2, 0.25) is 0 Å². The van der Waals surface area contributed by atoms with E-state index < -0.39 is 6.61 Å². The lowest BCUT2D eigenvalue weighted by molar-refractivity contribution is -0.171. The molecule has 3 aliphatic rings. The largest absolute Gasteiger partial charge is 0.490 e. The Morgan fingerprint density at radius 3 is 2.80 bits per heavy atom. The van der Waals surface area contributed by atoms with E-state index in [1.54, 1.807) is 32.2 Å². The minimum absolute atomic E-state index is 0. The molecule has 3 atom stereocenters. The van der Waals surface area contributed by atoms with Gasteiger partial charge < -0.3 is 24.8 Å². The number of hydrogen-bond acceptors (Lipinski definition) is 4. The van der Waals surface area contributed by atoms with Crippen molar-refractivity contribution in [2.75, 3.05) is 20.3 Å². The summed E-state index contributed by atoms with van der Waals surface area (Å²) >= 11 is 0. The van der Waals surface area contributed by atoms with Gasteiger partial charge in [0.2, 0.25) is 0 Å². The van der Waals surface area contributed by atoms with Crippen molar-refractivity contribution >= 4 is 29.9 Å². The minimum atomic E-state index is -2.92. The van der Waals surface area contributed by atoms with Crippen LogP contribution in [0.1, 0.15) is 38.2 Å². The van der Waals surface area contributed by atoms with Crippen LogP contribution in [0.4, 0.5) is 8.78 Å². The van der Waals surface area contributed by atoms with Crippen molar-refractivity contribution in [3.05, 3.63) is 23.8 Å². The fourth-order valence-electron chi connectivity index (χ4n) is 5.17. The highest BCUT2D eigenvalue weighted by atomic mass is 127. The van der Waals surface area contributed by atoms with E-state index in [1.807, 2.05) is 0 Å². The molecule has 3 unspecified atom stereocenters. The minimum Gasteiger partial charge on any atom is -0.490 e. The molecule has 0 radical (unpaired) electrons. The fraction of sp³-hybridized carbons (Fsp3) is 0.667. The predicted molar refractivity (Wildman–Crippen MR) is 121 cm³/mol. The average molecular weight is 537 g/mol. The van der Waals surface area contributed by atoms with Crippen molar-refractivity contribution in [1.29, 1.82) is 0 Å². The zero-order chi connectivity index (χ0) is 20.4. The number of guanidine groups is 1. The zero-order valence-electron chi connectivity index (χ0n) is 17.3. The van der Waals surface area contributed by atoms with Gasteiger partial charge in [-0.15, -0.1) is 24.0 Å². The molecule has 1 spiro atoms. The highest BCUT2D eigenvalue weighted by Crippen LogP contribution is 2.62. The Labute approximate surface area is 193 Å². The molecule has 0 bridgehead atoms. The van der Waals surface area contributed by atoms with Gasteiger partial charge in [-0.25, -0.2) is 0 Å². The van der Waals surface area contributed by atoms with E-state index in [0.717, 1.165) is 13.0 Å². The van der Waals surface area contributed by atoms with Gasteiger partial charge in [0.25, 0.3) is 0 Å². The van der Waals surface area contributed by atoms with E-state index in [0.29, 0.717) is 48.5 Å². The van der Waals surface area contributed by atoms with Crippen LogP contribution in [0.25, 0.3) is 0 Å². The zero-order valence-corrected chi connectivity index (χ0v) is 19.7. The lowest BCUT2D eigenvalue weighted by Gasteiger charge is -2.63. The fourth-order valence-corrected chi connectivity index (χ4v) is 5.17. The van der Waals surface area contributed by atoms with Crippen LogP contribution < -0.4 is 20.1 Å². The molecule has 0 aromatic heterocycles. The van der Waals surface area contributed by atoms with Crippen molar-refractivity contribution < 1.29 is 23.0 Å². The number of rotatable bonds is 7. The van der Waals surface area contributed by atoms with Crippen LogP contribution in [0, 0.1) is 11.3 Å². The molecule has 2 aliphatic carbocycles. The second-order valence-corrected chi connectivity index (χ2v) is 7.93. The van der Waals surface area contributed by atoms with E-state index in [2.05, 4.69) is 15.6 Å². The number of para-hydroxylation sites is 1. The number of ether oxygens (including phenoxy) is 3. The van der Waals surface area contributed by atoms with Crippen LogP contribution in [0.5, 0.6) is 11.5 Å². The summed E-state index contributed by atoms with van der Waals surface area (Å²) < 4.78 is 42.0. The van der Waals surface area contributed by atoms with Gasteiger partial charge in [0.1, 0.15) is 0 Å². The first kappa shape index (κ1) is 23.3. The molecule has 1 aromatic rings. The molecule has 30 heavy (non-hydrogen) atoms. The van der Waals surface area contributed by atoms with Gasteiger partial charge in [-0.2, -0.15) is 8.78 Å². The molecule has 1 aliphatic heterocycles. The molecule has 1 aromatic carbocycles. The first-order valence-electron chi connectivity index (χ1n) is 10.4. The number of hydrogen-bond donors (Lipinski definition) is 2. The van der Waals surface area contributed by atoms with Crippen LogP contribution in [0.3, 0.4) is 0 Å². The van der Waals surface area contributed by atoms with Gasteiger partial charge in [-0.1, -0.05) is 18.6 Å². The summed E-state index contributed by atoms with van der Waals surface area (Å²) in [5.74, 6) is 1.56. The highest BCUT2D eigenvalue weighted by Gasteiger charge is 2.66. The monoisotopic (exact) mass is 537 g/mol. The normalized spacial score (nSPS) is 26.3. The maximum atomic E-state index is 12.9. The number of alkyl halides is 2. The molecule has 3 fully saturated rings. The Morgan fingerprint density at radius 1 is 1.37 bits per heavy atom. The third-order valence-corrected chi connectivity index (χ3v) is 6.57. The third-order valence-electron chi connectivity index (χ3n) is 6.57. The van der Waals surface area contributed by atoms with Gasteiger partial charge in [0, 0.05) is 43.1 Å². The topological polar surface area (TPSA) is 64.1 Å². The van der Waals surface area contributed by atoms with Crippen molar-refractivity contribution in [1.82, 2.24) is 10.6 Å². The number of nitrogens with one attached hydrogen (secondary N) is 2. The van der Waals surface area contributed by atoms with Gasteiger partial charge in [0.05, 0.1) is 12.7 Å². The van der Waals surface area contributed by atoms with Crippen molar-refractivity contribution in [3.8, 4) is 11.5 Å². The Balaban J connectivity index is 0.00000256. The lowest BCUT2D eigenvalue weighted by Crippen LogP contribution is -2.72. The molecule has 1 heterocycles. The van der Waals surface area contributed by atoms with Gasteiger partial charge in [-0.3, -0.25) is 4.99 Å². The number of aliphatic imine (C=N–C) groups is 1. The summed E-state index contributed by atoms with van der Waals surface area (Å²) in [6.07, 6.45) is 5.07. The Hall–Kier alpha value is -1.36. The number of fused-ring (bicyclic) bond motifs is 2. The summed E-state index contributed by atoms with van der Waals surface area (Å²) in [5, 5.41) is 6.83. The first-order chi connectivity index (χ1) is 14.1. The summed E-state index contributed by atoms with van der Waals surface area (Å²) in [7, 11) is 1.72. The van der Waals surface area contributed by atoms with Gasteiger partial charge >= 0.3 is 6.61 Å². The summed E-state index contributed by atoms with van der Waals surface area (Å²) in [6, 6.07) is 5.50. The summed E-state index contributed by atoms with van der Waals surface area (Å²) in [4.78, 5) is 4.35. The van der Waals surface area contributed by atoms with E-state index in [9.17, 15) is 8.78 Å². The number of benzene rings is 1. The quantitative estimate of drug-likeness (QED) is 0.314. The van der Waals surface area contributed by atoms with E-state index >= 15 is 0 Å². The standard InChI is InChI=1S/C21H29F2N3O3.HI/c1-3-27-15-7-4-6-13(16(15)29-19(22)23)12-25-20(24-2)26-17-14-8-11-28-18(14)21(17)9-5-10-21;/h4,6-7,14,17-19H,3,5,8-12H2,1-2H3,(H2,24,25,26);1H. The van der Waals surface area contributed by atoms with Crippen molar-refractivity contribution in [3.63, 3.8) is 0 Å². The Bertz CT molecular complexity index is 761. The Morgan fingerprint density at radius 2 is 2.17 bits per heavy atom. The van der Waals surface area contributed by atoms with Crippen molar-refractivity contribution in [2.45, 2.75) is 57.9 Å². The van der Waals surface area contributed by atoms with Crippen molar-refractivity contribution in [2.24, 2.45) is 16.3 Å². The molecular weight excluding hydrogens is 507 g/mol. The molecule has 9 heteroatoms. The van der Waals surface area contributed by atoms with Gasteiger partial charge in [-0.05, 0) is 32.3 Å². The number of nitrogens with zero attached hydrogens (tertiary/aromatic N) is 1. The molecule has 1 saturated heterocycles. The third kappa shape index (κ3) is 4.19. The molecule has 6 nitrogen and oxygen atoms in total. The van der Waals surface area contributed by atoms with Crippen LogP contribution in [0.15, 0.2) is 23.2 Å². The number of halogens is 3. The Kier molecular flexibility index (Phi) is 7.65. The molecule has 4 rings (SSSR count). The molecule has 2 saturated carbocycles. The van der Waals surface area contributed by atoms with E-state index in [1.165, 1.54) is 19.3 Å². The SMILES string of the molecule is CCOc1cccc(CNC(=NC)NC2C3CCOC3C23CCC3)c1OC(F)F.I. The summed E-state index contributed by atoms with van der Waals surface area (Å²) in [5.41, 5.74) is 0.825. The van der Waals surface area contributed by atoms with Crippen LogP contribution >= 0.6 is 24.0 Å². The predicted octanol–water partition coefficient (Wildman–Crippen LogP) is 3.93. The molecular formula is C21H30F2IN3O3. The molecule has 0 amide bonds. The van der Waals surface area contributed by atoms with E-state index in [4.69, 9.17) is 14.2 Å². The summed E-state index contributed by atoms with van der Waals surface area (Å²) in [6.45, 7) is 0.388. The second kappa shape index (κ2) is 9.84. The van der Waals surface area contributed by atoms with E-state index in [-0.39, 0.29) is 35.1 Å². The van der Waals surface area contributed by atoms with Crippen LogP contribution in [-0.4, -0.2) is 45.0 Å². The molecule has 2 N–H and O–H groups in total. The second-order valence-electron chi connectivity index (χ2n) is 7.93. The first-order valence-corrected chi connectivity index (χ1v) is 10.4. The smallest absolute Gasteiger partial charge is 0.387 e. The lowest BCUT2D eigenvalue weighted by atomic mass is 9.46. The maximum absolute atomic E-state index is 12.9. The highest BCUT2D eigenvalue weighted by molar-refractivity contribution is 14.0. The maximum Gasteiger partial charge on any atom is 0.387 e. The molecule has 168 valence electrons. The van der Waals surface area contributed by atoms with Gasteiger partial charge in [0.15, 0.2) is 17.5 Å². The van der Waals surface area contributed by atoms with Crippen LogP contribution in [-0.2, 0) is 11.3 Å².